The highest BCUT2D eigenvalue weighted by Crippen LogP contribution is 2.29. The van der Waals surface area contributed by atoms with Crippen molar-refractivity contribution >= 4 is 21.6 Å². The molecule has 0 aliphatic carbocycles. The van der Waals surface area contributed by atoms with Crippen molar-refractivity contribution in [1.29, 1.82) is 0 Å². The van der Waals surface area contributed by atoms with Gasteiger partial charge in [-0.1, -0.05) is 12.5 Å². The highest BCUT2D eigenvalue weighted by molar-refractivity contribution is 7.89. The molecule has 1 aromatic heterocycles. The summed E-state index contributed by atoms with van der Waals surface area (Å²) < 4.78 is 27.9. The molecule has 4 rings (SSSR count). The van der Waals surface area contributed by atoms with E-state index < -0.39 is 10.0 Å². The Kier molecular flexibility index (Phi) is 6.87. The Morgan fingerprint density at radius 2 is 1.71 bits per heavy atom. The highest BCUT2D eigenvalue weighted by atomic mass is 32.2. The molecule has 2 saturated heterocycles. The second-order valence-electron chi connectivity index (χ2n) is 8.16. The largest absolute Gasteiger partial charge is 0.371 e. The molecule has 2 aromatic rings. The number of benzene rings is 1. The molecular weight excluding hydrogens is 412 g/mol. The molecule has 0 unspecified atom stereocenters. The highest BCUT2D eigenvalue weighted by Gasteiger charge is 2.28. The first kappa shape index (κ1) is 21.8. The van der Waals surface area contributed by atoms with Crippen molar-refractivity contribution in [2.45, 2.75) is 43.4 Å². The molecule has 1 aromatic carbocycles. The van der Waals surface area contributed by atoms with Gasteiger partial charge < -0.3 is 10.2 Å². The van der Waals surface area contributed by atoms with Crippen LogP contribution in [0.15, 0.2) is 47.5 Å². The molecule has 0 radical (unpaired) electrons. The first-order valence-electron chi connectivity index (χ1n) is 11.1. The molecule has 0 bridgehead atoms. The Hall–Kier alpha value is -2.45. The van der Waals surface area contributed by atoms with Gasteiger partial charge in [-0.3, -0.25) is 9.78 Å². The van der Waals surface area contributed by atoms with E-state index >= 15 is 0 Å². The summed E-state index contributed by atoms with van der Waals surface area (Å²) in [5.41, 5.74) is 2.15. The lowest BCUT2D eigenvalue weighted by molar-refractivity contribution is 0.0954. The van der Waals surface area contributed by atoms with Crippen molar-refractivity contribution in [3.05, 3.63) is 53.9 Å². The van der Waals surface area contributed by atoms with Crippen molar-refractivity contribution in [1.82, 2.24) is 14.6 Å². The van der Waals surface area contributed by atoms with Crippen LogP contribution in [0.2, 0.25) is 0 Å². The number of piperidine rings is 1. The summed E-state index contributed by atoms with van der Waals surface area (Å²) in [5.74, 6) is -0.242. The number of amides is 1. The van der Waals surface area contributed by atoms with Gasteiger partial charge in [0.1, 0.15) is 0 Å². The molecule has 0 spiro atoms. The molecule has 2 fully saturated rings. The summed E-state index contributed by atoms with van der Waals surface area (Å²) in [6, 6.07) is 10.7. The number of nitrogens with zero attached hydrogens (tertiary/aromatic N) is 3. The number of rotatable bonds is 7. The summed E-state index contributed by atoms with van der Waals surface area (Å²) in [5, 5.41) is 2.96. The van der Waals surface area contributed by atoms with E-state index in [4.69, 9.17) is 0 Å². The molecule has 1 N–H and O–H groups in total. The van der Waals surface area contributed by atoms with Crippen LogP contribution in [-0.4, -0.2) is 56.3 Å². The molecule has 166 valence electrons. The number of hydrogen-bond donors (Lipinski definition) is 1. The maximum atomic E-state index is 13.2. The molecule has 2 aliphatic rings. The summed E-state index contributed by atoms with van der Waals surface area (Å²) in [7, 11) is -3.60. The SMILES string of the molecule is O=C(NCCc1ccccn1)c1cc(S(=O)(=O)N2CCCCC2)ccc1N1CCCC1. The third-order valence-electron chi connectivity index (χ3n) is 6.01. The van der Waals surface area contributed by atoms with E-state index in [9.17, 15) is 13.2 Å². The quantitative estimate of drug-likeness (QED) is 0.713. The van der Waals surface area contributed by atoms with Gasteiger partial charge in [-0.05, 0) is 56.0 Å². The predicted octanol–water partition coefficient (Wildman–Crippen LogP) is 2.83. The fourth-order valence-corrected chi connectivity index (χ4v) is 5.83. The predicted molar refractivity (Wildman–Crippen MR) is 121 cm³/mol. The molecule has 7 nitrogen and oxygen atoms in total. The van der Waals surface area contributed by atoms with Crippen LogP contribution >= 0.6 is 0 Å². The fourth-order valence-electron chi connectivity index (χ4n) is 4.29. The second kappa shape index (κ2) is 9.78. The van der Waals surface area contributed by atoms with Gasteiger partial charge in [-0.15, -0.1) is 0 Å². The van der Waals surface area contributed by atoms with Crippen molar-refractivity contribution in [2.75, 3.05) is 37.6 Å². The lowest BCUT2D eigenvalue weighted by Gasteiger charge is -2.27. The van der Waals surface area contributed by atoms with E-state index in [-0.39, 0.29) is 10.8 Å². The van der Waals surface area contributed by atoms with Gasteiger partial charge in [0.15, 0.2) is 0 Å². The summed E-state index contributed by atoms with van der Waals surface area (Å²) in [6.07, 6.45) is 7.33. The first-order chi connectivity index (χ1) is 15.1. The minimum atomic E-state index is -3.60. The van der Waals surface area contributed by atoms with E-state index in [1.165, 1.54) is 0 Å². The smallest absolute Gasteiger partial charge is 0.253 e. The zero-order valence-electron chi connectivity index (χ0n) is 17.8. The molecule has 8 heteroatoms. The first-order valence-corrected chi connectivity index (χ1v) is 12.6. The number of anilines is 1. The molecule has 1 amide bonds. The maximum absolute atomic E-state index is 13.2. The lowest BCUT2D eigenvalue weighted by Crippen LogP contribution is -2.36. The molecule has 0 saturated carbocycles. The van der Waals surface area contributed by atoms with Crippen LogP contribution in [0.25, 0.3) is 0 Å². The Labute approximate surface area is 184 Å². The van der Waals surface area contributed by atoms with Crippen LogP contribution in [0.4, 0.5) is 5.69 Å². The number of pyridine rings is 1. The number of aromatic nitrogens is 1. The average Bonchev–Trinajstić information content (AvgIpc) is 3.35. The molecule has 0 atom stereocenters. The van der Waals surface area contributed by atoms with E-state index in [1.54, 1.807) is 28.7 Å². The van der Waals surface area contributed by atoms with Crippen LogP contribution in [0.1, 0.15) is 48.2 Å². The zero-order chi connectivity index (χ0) is 21.7. The fraction of sp³-hybridized carbons (Fsp3) is 0.478. The van der Waals surface area contributed by atoms with Gasteiger partial charge in [0.05, 0.1) is 10.5 Å². The minimum absolute atomic E-state index is 0.201. The molecule has 3 heterocycles. The Morgan fingerprint density at radius 1 is 0.968 bits per heavy atom. The van der Waals surface area contributed by atoms with Crippen LogP contribution in [0.5, 0.6) is 0 Å². The average molecular weight is 443 g/mol. The minimum Gasteiger partial charge on any atom is -0.371 e. The van der Waals surface area contributed by atoms with Gasteiger partial charge >= 0.3 is 0 Å². The van der Waals surface area contributed by atoms with Crippen LogP contribution in [0, 0.1) is 0 Å². The zero-order valence-corrected chi connectivity index (χ0v) is 18.6. The number of carbonyl (C=O) groups excluding carboxylic acids is 1. The third-order valence-corrected chi connectivity index (χ3v) is 7.90. The van der Waals surface area contributed by atoms with Crippen LogP contribution in [-0.2, 0) is 16.4 Å². The number of sulfonamides is 1. The van der Waals surface area contributed by atoms with Crippen molar-refractivity contribution in [2.24, 2.45) is 0 Å². The standard InChI is InChI=1S/C23H30N4O3S/c28-23(25-13-11-19-8-2-3-12-24-19)21-18-20(9-10-22(21)26-14-6-7-15-26)31(29,30)27-16-4-1-5-17-27/h2-3,8-10,12,18H,1,4-7,11,13-17H2,(H,25,28). The van der Waals surface area contributed by atoms with Crippen molar-refractivity contribution in [3.8, 4) is 0 Å². The summed E-state index contributed by atoms with van der Waals surface area (Å²) in [6.45, 7) is 3.29. The Balaban J connectivity index is 1.56. The normalized spacial score (nSPS) is 17.6. The van der Waals surface area contributed by atoms with E-state index in [0.717, 1.165) is 56.6 Å². The topological polar surface area (TPSA) is 82.6 Å². The van der Waals surface area contributed by atoms with E-state index in [2.05, 4.69) is 15.2 Å². The second-order valence-corrected chi connectivity index (χ2v) is 10.1. The lowest BCUT2D eigenvalue weighted by atomic mass is 10.1. The van der Waals surface area contributed by atoms with Gasteiger partial charge in [0.2, 0.25) is 10.0 Å². The van der Waals surface area contributed by atoms with Crippen molar-refractivity contribution in [3.63, 3.8) is 0 Å². The van der Waals surface area contributed by atoms with Crippen molar-refractivity contribution < 1.29 is 13.2 Å². The third kappa shape index (κ3) is 5.07. The number of nitrogens with one attached hydrogen (secondary N) is 1. The van der Waals surface area contributed by atoms with E-state index in [0.29, 0.717) is 31.6 Å². The Bertz CT molecular complexity index is 999. The molecule has 2 aliphatic heterocycles. The Morgan fingerprint density at radius 3 is 2.42 bits per heavy atom. The van der Waals surface area contributed by atoms with Gasteiger partial charge in [0, 0.05) is 56.7 Å². The maximum Gasteiger partial charge on any atom is 0.253 e. The van der Waals surface area contributed by atoms with E-state index in [1.807, 2.05) is 18.2 Å². The van der Waals surface area contributed by atoms with Gasteiger partial charge in [-0.25, -0.2) is 8.42 Å². The van der Waals surface area contributed by atoms with Gasteiger partial charge in [0.25, 0.3) is 5.91 Å². The number of carbonyl (C=O) groups is 1. The summed E-state index contributed by atoms with van der Waals surface area (Å²) >= 11 is 0. The summed E-state index contributed by atoms with van der Waals surface area (Å²) in [4.78, 5) is 19.8. The molecular formula is C23H30N4O3S. The number of hydrogen-bond acceptors (Lipinski definition) is 5. The van der Waals surface area contributed by atoms with Crippen LogP contribution < -0.4 is 10.2 Å². The van der Waals surface area contributed by atoms with Crippen LogP contribution in [0.3, 0.4) is 0 Å². The van der Waals surface area contributed by atoms with Gasteiger partial charge in [-0.2, -0.15) is 4.31 Å². The monoisotopic (exact) mass is 442 g/mol. The molecule has 31 heavy (non-hydrogen) atoms.